The number of nitrogens with zero attached hydrogens (tertiary/aromatic N) is 2. The monoisotopic (exact) mass is 600 g/mol. The molecule has 2 bridgehead atoms. The van der Waals surface area contributed by atoms with E-state index in [1.807, 2.05) is 38.5 Å². The van der Waals surface area contributed by atoms with Crippen LogP contribution < -0.4 is 15.2 Å². The molecule has 3 aliphatic rings. The van der Waals surface area contributed by atoms with Crippen LogP contribution >= 0.6 is 21.6 Å². The molecule has 6 rings (SSSR count). The zero-order chi connectivity index (χ0) is 29.0. The Morgan fingerprint density at radius 2 is 1.40 bits per heavy atom. The Morgan fingerprint density at radius 3 is 1.98 bits per heavy atom. The molecule has 0 fully saturated rings. The van der Waals surface area contributed by atoms with E-state index in [0.717, 1.165) is 53.6 Å². The number of aliphatic hydroxyl groups is 2. The molecule has 4 N–H and O–H groups in total. The van der Waals surface area contributed by atoms with Gasteiger partial charge in [-0.3, -0.25) is 4.48 Å². The van der Waals surface area contributed by atoms with Crippen LogP contribution in [0.5, 0.6) is 0 Å². The summed E-state index contributed by atoms with van der Waals surface area (Å²) < 4.78 is 2.66. The summed E-state index contributed by atoms with van der Waals surface area (Å²) in [5.74, 6) is 2.08. The third kappa shape index (κ3) is 8.18. The lowest BCUT2D eigenvalue weighted by atomic mass is 9.97. The smallest absolute Gasteiger partial charge is 0.171 e. The van der Waals surface area contributed by atoms with Gasteiger partial charge in [-0.15, -0.1) is 0 Å². The predicted octanol–water partition coefficient (Wildman–Crippen LogP) is 5.66. The summed E-state index contributed by atoms with van der Waals surface area (Å²) in [7, 11) is 3.80. The number of fused-ring (bicyclic) bond motifs is 1. The molecule has 0 saturated carbocycles. The van der Waals surface area contributed by atoms with Crippen molar-refractivity contribution in [2.24, 2.45) is 0 Å². The highest BCUT2D eigenvalue weighted by Gasteiger charge is 2.36. The van der Waals surface area contributed by atoms with E-state index in [-0.39, 0.29) is 13.2 Å². The van der Waals surface area contributed by atoms with Gasteiger partial charge in [0, 0.05) is 59.7 Å². The molecular formula is C34H40N4O2S2+2. The van der Waals surface area contributed by atoms with Crippen LogP contribution in [0.2, 0.25) is 0 Å². The number of allylic oxidation sites excluding steroid dienone is 3. The number of anilines is 2. The van der Waals surface area contributed by atoms with Gasteiger partial charge in [0.15, 0.2) is 18.9 Å². The van der Waals surface area contributed by atoms with Crippen molar-refractivity contribution in [3.63, 3.8) is 0 Å². The fourth-order valence-corrected chi connectivity index (χ4v) is 6.92. The fraction of sp³-hybridized carbons (Fsp3) is 0.265. The summed E-state index contributed by atoms with van der Waals surface area (Å²) in [5, 5.41) is 25.7. The lowest BCUT2D eigenvalue weighted by molar-refractivity contribution is -0.803. The first kappa shape index (κ1) is 30.2. The third-order valence-electron chi connectivity index (χ3n) is 7.43. The molecule has 42 heavy (non-hydrogen) atoms. The topological polar surface area (TPSA) is 68.4 Å². The first-order chi connectivity index (χ1) is 20.7. The number of hydrogen-bond donors (Lipinski definition) is 4. The Balaban J connectivity index is 0.955. The van der Waals surface area contributed by atoms with Crippen LogP contribution in [0.25, 0.3) is 17.8 Å². The second-order valence-corrected chi connectivity index (χ2v) is 13.0. The quantitative estimate of drug-likeness (QED) is 0.0737. The van der Waals surface area contributed by atoms with Gasteiger partial charge in [0.25, 0.3) is 0 Å². The number of benzene rings is 2. The van der Waals surface area contributed by atoms with Crippen LogP contribution in [0, 0.1) is 0 Å². The van der Waals surface area contributed by atoms with E-state index >= 15 is 0 Å². The standard InChI is InChI=1S/C34H39N4O2S2/c39-23-19-37-17-11-29(12-18-37)2-1-28-3-7-32(8-4-28)35-15-25-41-42-26-16-36-33-9-5-31(6-10-33)34-27-30-13-20-38(34,21-14-30)22-24-40/h1-14,17-18,20,27,36,39-40H,15-16,19,21-26H2/q+1/p+1. The summed E-state index contributed by atoms with van der Waals surface area (Å²) in [6, 6.07) is 21.3. The highest BCUT2D eigenvalue weighted by Crippen LogP contribution is 2.37. The molecule has 6 nitrogen and oxygen atoms in total. The first-order valence-electron chi connectivity index (χ1n) is 14.5. The molecule has 0 radical (unpaired) electrons. The van der Waals surface area contributed by atoms with E-state index < -0.39 is 0 Å². The Labute approximate surface area is 257 Å². The maximum Gasteiger partial charge on any atom is 0.171 e. The maximum absolute atomic E-state index is 9.63. The molecule has 8 heteroatoms. The second-order valence-electron chi connectivity index (χ2n) is 10.3. The van der Waals surface area contributed by atoms with Crippen molar-refractivity contribution < 1.29 is 19.3 Å². The van der Waals surface area contributed by atoms with Crippen molar-refractivity contribution in [2.45, 2.75) is 6.54 Å². The summed E-state index contributed by atoms with van der Waals surface area (Å²) in [6.07, 6.45) is 17.1. The van der Waals surface area contributed by atoms with Crippen LogP contribution in [-0.2, 0) is 6.54 Å². The van der Waals surface area contributed by atoms with Gasteiger partial charge in [0.1, 0.15) is 31.6 Å². The van der Waals surface area contributed by atoms with Crippen LogP contribution in [0.4, 0.5) is 11.4 Å². The Kier molecular flexibility index (Phi) is 11.0. The zero-order valence-electron chi connectivity index (χ0n) is 23.9. The fourth-order valence-electron chi connectivity index (χ4n) is 5.10. The molecule has 2 aromatic carbocycles. The van der Waals surface area contributed by atoms with Crippen molar-refractivity contribution in [3.8, 4) is 0 Å². The molecule has 1 unspecified atom stereocenters. The van der Waals surface area contributed by atoms with Crippen LogP contribution in [0.1, 0.15) is 16.7 Å². The maximum atomic E-state index is 9.63. The predicted molar refractivity (Wildman–Crippen MR) is 180 cm³/mol. The van der Waals surface area contributed by atoms with Crippen molar-refractivity contribution in [1.82, 2.24) is 0 Å². The average Bonchev–Trinajstić information content (AvgIpc) is 3.03. The molecule has 3 aromatic rings. The molecule has 0 saturated heterocycles. The summed E-state index contributed by atoms with van der Waals surface area (Å²) in [6.45, 7) is 4.40. The second kappa shape index (κ2) is 15.3. The minimum atomic E-state index is 0.149. The Bertz CT molecular complexity index is 1420. The molecule has 0 amide bonds. The molecule has 1 aromatic heterocycles. The minimum absolute atomic E-state index is 0.149. The Morgan fingerprint density at radius 1 is 0.786 bits per heavy atom. The van der Waals surface area contributed by atoms with E-state index in [2.05, 4.69) is 108 Å². The van der Waals surface area contributed by atoms with Gasteiger partial charge in [-0.25, -0.2) is 4.57 Å². The largest absolute Gasteiger partial charge is 0.390 e. The van der Waals surface area contributed by atoms with Crippen molar-refractivity contribution >= 4 is 50.8 Å². The first-order valence-corrected chi connectivity index (χ1v) is 17.0. The van der Waals surface area contributed by atoms with Crippen LogP contribution in [0.3, 0.4) is 0 Å². The lowest BCUT2D eigenvalue weighted by Crippen LogP contribution is -2.46. The van der Waals surface area contributed by atoms with E-state index in [9.17, 15) is 5.11 Å². The number of nitrogens with one attached hydrogen (secondary N) is 2. The highest BCUT2D eigenvalue weighted by atomic mass is 33.1. The van der Waals surface area contributed by atoms with Gasteiger partial charge in [-0.2, -0.15) is 0 Å². The molecule has 3 aliphatic heterocycles. The van der Waals surface area contributed by atoms with Crippen LogP contribution in [-0.4, -0.2) is 65.6 Å². The average molecular weight is 601 g/mol. The number of quaternary nitrogens is 1. The molecular weight excluding hydrogens is 561 g/mol. The summed E-state index contributed by atoms with van der Waals surface area (Å²) in [4.78, 5) is 0. The van der Waals surface area contributed by atoms with Gasteiger partial charge >= 0.3 is 0 Å². The minimum Gasteiger partial charge on any atom is -0.390 e. The molecule has 218 valence electrons. The van der Waals surface area contributed by atoms with Gasteiger partial charge in [0.2, 0.25) is 0 Å². The van der Waals surface area contributed by atoms with Crippen LogP contribution in [0.15, 0.2) is 103 Å². The van der Waals surface area contributed by atoms with Gasteiger partial charge in [0.05, 0.1) is 6.61 Å². The van der Waals surface area contributed by atoms with E-state index in [0.29, 0.717) is 17.6 Å². The van der Waals surface area contributed by atoms with E-state index in [4.69, 9.17) is 5.11 Å². The lowest BCUT2D eigenvalue weighted by Gasteiger charge is -2.40. The molecule has 1 atom stereocenters. The SMILES string of the molecule is OCC[n+]1ccc(/C=C/c2ccc(NCCSSCCNc3ccc(C4=CC5=CC[N+]4(CCO)C=C5)cc3)cc2)cc1. The number of pyridine rings is 1. The molecule has 0 spiro atoms. The number of hydrogen-bond acceptors (Lipinski definition) is 6. The highest BCUT2D eigenvalue weighted by molar-refractivity contribution is 8.76. The van der Waals surface area contributed by atoms with Gasteiger partial charge in [-0.05, 0) is 65.3 Å². The normalized spacial score (nSPS) is 17.4. The van der Waals surface area contributed by atoms with Crippen molar-refractivity contribution in [3.05, 3.63) is 120 Å². The number of rotatable bonds is 16. The molecule has 4 heterocycles. The van der Waals surface area contributed by atoms with Crippen molar-refractivity contribution in [1.29, 1.82) is 0 Å². The Hall–Kier alpha value is -3.27. The summed E-state index contributed by atoms with van der Waals surface area (Å²) in [5.41, 5.74) is 8.31. The molecule has 0 aliphatic carbocycles. The number of aliphatic hydroxyl groups excluding tert-OH is 2. The summed E-state index contributed by atoms with van der Waals surface area (Å²) >= 11 is 0. The number of aromatic nitrogens is 1. The van der Waals surface area contributed by atoms with E-state index in [1.165, 1.54) is 16.8 Å². The van der Waals surface area contributed by atoms with Crippen molar-refractivity contribution in [2.75, 3.05) is 61.5 Å². The third-order valence-corrected chi connectivity index (χ3v) is 9.84. The van der Waals surface area contributed by atoms with Gasteiger partial charge in [-0.1, -0.05) is 45.9 Å². The van der Waals surface area contributed by atoms with E-state index in [1.54, 1.807) is 0 Å². The van der Waals surface area contributed by atoms with Gasteiger partial charge < -0.3 is 20.8 Å². The zero-order valence-corrected chi connectivity index (χ0v) is 25.5.